The molecule has 214 valence electrons. The van der Waals surface area contributed by atoms with Gasteiger partial charge in [0, 0.05) is 23.1 Å². The summed E-state index contributed by atoms with van der Waals surface area (Å²) in [6, 6.07) is 7.01. The molecule has 4 rings (SSSR count). The molecule has 10 heteroatoms. The van der Waals surface area contributed by atoms with Crippen molar-refractivity contribution in [2.45, 2.75) is 32.6 Å². The van der Waals surface area contributed by atoms with Crippen LogP contribution in [0.5, 0.6) is 0 Å². The van der Waals surface area contributed by atoms with Gasteiger partial charge in [-0.3, -0.25) is 0 Å². The molecule has 0 unspecified atom stereocenters. The van der Waals surface area contributed by atoms with Gasteiger partial charge in [-0.25, -0.2) is 43.9 Å². The second kappa shape index (κ2) is 12.2. The number of halogens is 10. The van der Waals surface area contributed by atoms with Crippen molar-refractivity contribution in [2.24, 2.45) is 0 Å². The fourth-order valence-corrected chi connectivity index (χ4v) is 4.38. The largest absolute Gasteiger partial charge is 0.209 e. The summed E-state index contributed by atoms with van der Waals surface area (Å²) in [4.78, 5) is 0. The van der Waals surface area contributed by atoms with Crippen LogP contribution < -0.4 is 0 Å². The molecule has 0 aromatic heterocycles. The summed E-state index contributed by atoms with van der Waals surface area (Å²) in [6.45, 7) is 1.64. The molecule has 0 bridgehead atoms. The molecule has 4 aromatic rings. The molecule has 0 aliphatic heterocycles. The molecule has 0 aliphatic carbocycles. The van der Waals surface area contributed by atoms with E-state index in [1.165, 1.54) is 0 Å². The molecule has 0 nitrogen and oxygen atoms in total. The number of aryl methyl sites for hydroxylation is 1. The smallest absolute Gasteiger partial charge is 0.194 e. The Bertz CT molecular complexity index is 1590. The normalized spacial score (nSPS) is 12.1. The van der Waals surface area contributed by atoms with Gasteiger partial charge in [0.25, 0.3) is 0 Å². The molecule has 0 fully saturated rings. The minimum Gasteiger partial charge on any atom is -0.209 e. The molecule has 0 heterocycles. The van der Waals surface area contributed by atoms with Crippen LogP contribution in [0.3, 0.4) is 0 Å². The first-order chi connectivity index (χ1) is 19.4. The van der Waals surface area contributed by atoms with E-state index in [-0.39, 0.29) is 41.5 Å². The summed E-state index contributed by atoms with van der Waals surface area (Å²) in [7, 11) is 0. The minimum absolute atomic E-state index is 0.0401. The summed E-state index contributed by atoms with van der Waals surface area (Å²) in [6.07, 6.45) is -0.474. The maximum Gasteiger partial charge on any atom is 0.194 e. The molecular weight excluding hydrogens is 562 g/mol. The molecule has 0 radical (unpaired) electrons. The Hall–Kier alpha value is -4.08. The summed E-state index contributed by atoms with van der Waals surface area (Å²) in [5, 5.41) is 0. The number of benzene rings is 4. The second-order valence-electron chi connectivity index (χ2n) is 9.27. The quantitative estimate of drug-likeness (QED) is 0.143. The number of hydrogen-bond donors (Lipinski definition) is 0. The van der Waals surface area contributed by atoms with E-state index in [2.05, 4.69) is 0 Å². The third-order valence-corrected chi connectivity index (χ3v) is 6.42. The Morgan fingerprint density at radius 3 is 1.68 bits per heavy atom. The van der Waals surface area contributed by atoms with Crippen molar-refractivity contribution in [2.75, 3.05) is 0 Å². The van der Waals surface area contributed by atoms with Gasteiger partial charge in [0.1, 0.15) is 34.9 Å². The van der Waals surface area contributed by atoms with Crippen molar-refractivity contribution in [1.29, 1.82) is 0 Å². The van der Waals surface area contributed by atoms with Crippen LogP contribution in [0, 0.1) is 46.5 Å². The lowest BCUT2D eigenvalue weighted by molar-refractivity contribution is 0.447. The fourth-order valence-electron chi connectivity index (χ4n) is 4.38. The van der Waals surface area contributed by atoms with Gasteiger partial charge in [0.05, 0.1) is 5.56 Å². The lowest BCUT2D eigenvalue weighted by Crippen LogP contribution is -2.02. The predicted molar refractivity (Wildman–Crippen MR) is 135 cm³/mol. The summed E-state index contributed by atoms with van der Waals surface area (Å²) in [5.74, 6) is -13.0. The van der Waals surface area contributed by atoms with Crippen molar-refractivity contribution >= 4 is 5.83 Å². The van der Waals surface area contributed by atoms with Crippen molar-refractivity contribution in [3.05, 3.63) is 124 Å². The first kappa shape index (κ1) is 29.9. The maximum absolute atomic E-state index is 14.9. The average Bonchev–Trinajstić information content (AvgIpc) is 2.90. The highest BCUT2D eigenvalue weighted by atomic mass is 19.2. The van der Waals surface area contributed by atoms with Crippen molar-refractivity contribution in [3.63, 3.8) is 0 Å². The van der Waals surface area contributed by atoms with E-state index < -0.39 is 74.9 Å². The van der Waals surface area contributed by atoms with E-state index in [9.17, 15) is 43.9 Å². The maximum atomic E-state index is 14.9. The van der Waals surface area contributed by atoms with Crippen LogP contribution in [0.4, 0.5) is 43.9 Å². The van der Waals surface area contributed by atoms with Gasteiger partial charge >= 0.3 is 0 Å². The van der Waals surface area contributed by atoms with E-state index in [1.807, 2.05) is 0 Å². The third-order valence-electron chi connectivity index (χ3n) is 6.42. The van der Waals surface area contributed by atoms with Gasteiger partial charge in [-0.05, 0) is 78.4 Å². The summed E-state index contributed by atoms with van der Waals surface area (Å²) in [5.41, 5.74) is -2.75. The van der Waals surface area contributed by atoms with Crippen LogP contribution in [-0.2, 0) is 12.8 Å². The SMILES string of the molecule is CCC/C(F)=C(\F)c1ccc(-c2cc(F)c(CCc3cc(F)c(-c4cc(F)c(F)c(F)c4)c(F)c3)c(F)c2)c(F)c1. The van der Waals surface area contributed by atoms with Gasteiger partial charge in [-0.1, -0.05) is 19.1 Å². The van der Waals surface area contributed by atoms with E-state index in [4.69, 9.17) is 0 Å². The van der Waals surface area contributed by atoms with Gasteiger partial charge in [0.15, 0.2) is 23.3 Å². The molecule has 0 spiro atoms. The predicted octanol–water partition coefficient (Wildman–Crippen LogP) is 10.3. The van der Waals surface area contributed by atoms with Crippen LogP contribution in [0.15, 0.2) is 60.4 Å². The molecule has 0 amide bonds. The molecule has 0 saturated heterocycles. The lowest BCUT2D eigenvalue weighted by Gasteiger charge is -2.12. The van der Waals surface area contributed by atoms with Crippen LogP contribution in [0.1, 0.15) is 36.5 Å². The Balaban J connectivity index is 1.56. The van der Waals surface area contributed by atoms with Crippen molar-refractivity contribution in [1.82, 2.24) is 0 Å². The zero-order valence-electron chi connectivity index (χ0n) is 21.3. The Kier molecular flexibility index (Phi) is 8.89. The Morgan fingerprint density at radius 2 is 1.15 bits per heavy atom. The molecule has 0 aliphatic rings. The number of hydrogen-bond acceptors (Lipinski definition) is 0. The monoisotopic (exact) mass is 582 g/mol. The first-order valence-corrected chi connectivity index (χ1v) is 12.4. The highest BCUT2D eigenvalue weighted by Crippen LogP contribution is 2.33. The van der Waals surface area contributed by atoms with Gasteiger partial charge < -0.3 is 0 Å². The van der Waals surface area contributed by atoms with Gasteiger partial charge in [-0.15, -0.1) is 0 Å². The van der Waals surface area contributed by atoms with E-state index in [0.717, 1.165) is 36.4 Å². The van der Waals surface area contributed by atoms with Crippen LogP contribution in [0.2, 0.25) is 0 Å². The lowest BCUT2D eigenvalue weighted by atomic mass is 9.96. The zero-order chi connectivity index (χ0) is 30.0. The average molecular weight is 582 g/mol. The van der Waals surface area contributed by atoms with Crippen LogP contribution in [0.25, 0.3) is 28.1 Å². The van der Waals surface area contributed by atoms with Crippen LogP contribution >= 0.6 is 0 Å². The number of rotatable bonds is 8. The van der Waals surface area contributed by atoms with Gasteiger partial charge in [-0.2, -0.15) is 0 Å². The molecular formula is C31H20F10. The topological polar surface area (TPSA) is 0 Å². The standard InChI is InChI=1S/C31H20F10/c1-2-3-21(32)30(40)16-5-7-19(22(33)10-16)17-11-23(34)20(24(35)12-17)6-4-15-8-25(36)29(26(37)9-15)18-13-27(38)31(41)28(39)14-18/h5,7-14H,2-4,6H2,1H3/b30-21+. The van der Waals surface area contributed by atoms with E-state index in [1.54, 1.807) is 6.92 Å². The van der Waals surface area contributed by atoms with Crippen molar-refractivity contribution in [3.8, 4) is 22.3 Å². The summed E-state index contributed by atoms with van der Waals surface area (Å²) < 4.78 is 142. The third kappa shape index (κ3) is 6.31. The van der Waals surface area contributed by atoms with Crippen molar-refractivity contribution < 1.29 is 43.9 Å². The highest BCUT2D eigenvalue weighted by Gasteiger charge is 2.20. The van der Waals surface area contributed by atoms with Crippen LogP contribution in [-0.4, -0.2) is 0 Å². The zero-order valence-corrected chi connectivity index (χ0v) is 21.3. The van der Waals surface area contributed by atoms with E-state index >= 15 is 0 Å². The van der Waals surface area contributed by atoms with Gasteiger partial charge in [0.2, 0.25) is 0 Å². The molecule has 0 atom stereocenters. The minimum atomic E-state index is -1.80. The fraction of sp³-hybridized carbons (Fsp3) is 0.161. The molecule has 0 saturated carbocycles. The highest BCUT2D eigenvalue weighted by molar-refractivity contribution is 5.70. The summed E-state index contributed by atoms with van der Waals surface area (Å²) >= 11 is 0. The molecule has 4 aromatic carbocycles. The first-order valence-electron chi connectivity index (χ1n) is 12.4. The number of allylic oxidation sites excluding steroid dienone is 1. The molecule has 0 N–H and O–H groups in total. The molecule has 41 heavy (non-hydrogen) atoms. The van der Waals surface area contributed by atoms with E-state index in [0.29, 0.717) is 24.6 Å². The second-order valence-corrected chi connectivity index (χ2v) is 9.27. The Morgan fingerprint density at radius 1 is 0.585 bits per heavy atom. The Labute approximate surface area is 228 Å².